The van der Waals surface area contributed by atoms with Gasteiger partial charge in [-0.2, -0.15) is 0 Å². The zero-order valence-corrected chi connectivity index (χ0v) is 11.9. The van der Waals surface area contributed by atoms with Gasteiger partial charge in [-0.15, -0.1) is 11.3 Å². The minimum Gasteiger partial charge on any atom is -0.453 e. The van der Waals surface area contributed by atoms with E-state index in [2.05, 4.69) is 15.3 Å². The van der Waals surface area contributed by atoms with E-state index in [0.29, 0.717) is 12.0 Å². The van der Waals surface area contributed by atoms with Crippen LogP contribution < -0.4 is 0 Å². The lowest BCUT2D eigenvalue weighted by atomic mass is 9.95. The third-order valence-corrected chi connectivity index (χ3v) is 4.70. The predicted octanol–water partition coefficient (Wildman–Crippen LogP) is 1.81. The van der Waals surface area contributed by atoms with Crippen molar-refractivity contribution in [3.63, 3.8) is 0 Å². The van der Waals surface area contributed by atoms with Crippen LogP contribution in [-0.4, -0.2) is 53.7 Å². The maximum Gasteiger partial charge on any atom is 0.409 e. The number of nitrogens with zero attached hydrogens (tertiary/aromatic N) is 3. The van der Waals surface area contributed by atoms with Crippen molar-refractivity contribution in [2.24, 2.45) is 5.92 Å². The fourth-order valence-electron chi connectivity index (χ4n) is 3.19. The highest BCUT2D eigenvalue weighted by Gasteiger charge is 2.37. The largest absolute Gasteiger partial charge is 0.453 e. The minimum absolute atomic E-state index is 0.176. The average Bonchev–Trinajstić information content (AvgIpc) is 2.77. The molecule has 3 aliphatic rings. The summed E-state index contributed by atoms with van der Waals surface area (Å²) in [4.78, 5) is 20.5. The Morgan fingerprint density at radius 2 is 2.37 bits per heavy atom. The number of carbonyl (C=O) groups is 1. The number of hydrogen-bond donors (Lipinski definition) is 0. The predicted molar refractivity (Wildman–Crippen MR) is 73.0 cm³/mol. The van der Waals surface area contributed by atoms with Gasteiger partial charge in [-0.3, -0.25) is 4.90 Å². The molecule has 1 aromatic rings. The first kappa shape index (κ1) is 12.9. The monoisotopic (exact) mass is 281 g/mol. The molecule has 0 N–H and O–H groups in total. The molecule has 1 aromatic heterocycles. The summed E-state index contributed by atoms with van der Waals surface area (Å²) in [6.07, 6.45) is 2.13. The molecular weight excluding hydrogens is 262 g/mol. The van der Waals surface area contributed by atoms with Gasteiger partial charge in [-0.1, -0.05) is 0 Å². The van der Waals surface area contributed by atoms with Crippen LogP contribution in [0, 0.1) is 5.92 Å². The number of carbonyl (C=O) groups excluding carboxylic acids is 1. The van der Waals surface area contributed by atoms with Gasteiger partial charge < -0.3 is 9.64 Å². The summed E-state index contributed by atoms with van der Waals surface area (Å²) in [6.45, 7) is 3.72. The number of rotatable bonds is 2. The Hall–Kier alpha value is -1.14. The summed E-state index contributed by atoms with van der Waals surface area (Å²) in [6, 6.07) is 0.296. The van der Waals surface area contributed by atoms with Crippen LogP contribution in [0.2, 0.25) is 0 Å². The first-order chi connectivity index (χ1) is 9.26. The molecular formula is C13H19N3O2S. The molecule has 3 fully saturated rings. The minimum atomic E-state index is -0.176. The third-order valence-electron chi connectivity index (χ3n) is 4.07. The topological polar surface area (TPSA) is 45.7 Å². The van der Waals surface area contributed by atoms with Crippen LogP contribution in [-0.2, 0) is 11.3 Å². The first-order valence-electron chi connectivity index (χ1n) is 6.70. The fraction of sp³-hybridized carbons (Fsp3) is 0.692. The third kappa shape index (κ3) is 2.74. The summed E-state index contributed by atoms with van der Waals surface area (Å²) < 4.78 is 4.90. The van der Waals surface area contributed by atoms with Crippen molar-refractivity contribution in [1.29, 1.82) is 0 Å². The second kappa shape index (κ2) is 5.46. The molecule has 4 rings (SSSR count). The van der Waals surface area contributed by atoms with Gasteiger partial charge >= 0.3 is 6.09 Å². The Morgan fingerprint density at radius 1 is 1.47 bits per heavy atom. The van der Waals surface area contributed by atoms with E-state index in [4.69, 9.17) is 4.74 Å². The lowest BCUT2D eigenvalue weighted by Gasteiger charge is -2.34. The Balaban J connectivity index is 1.70. The van der Waals surface area contributed by atoms with Crippen LogP contribution in [0.3, 0.4) is 0 Å². The van der Waals surface area contributed by atoms with Crippen molar-refractivity contribution in [1.82, 2.24) is 14.8 Å². The van der Waals surface area contributed by atoms with Gasteiger partial charge in [0.2, 0.25) is 0 Å². The summed E-state index contributed by atoms with van der Waals surface area (Å²) in [7, 11) is 1.47. The van der Waals surface area contributed by atoms with Crippen molar-refractivity contribution in [2.45, 2.75) is 25.4 Å². The Labute approximate surface area is 117 Å². The van der Waals surface area contributed by atoms with E-state index in [1.807, 2.05) is 10.4 Å². The Bertz CT molecular complexity index is 437. The zero-order chi connectivity index (χ0) is 13.2. The fourth-order valence-corrected chi connectivity index (χ4v) is 3.74. The molecule has 1 amide bonds. The normalized spacial score (nSPS) is 27.3. The van der Waals surface area contributed by atoms with Crippen molar-refractivity contribution >= 4 is 17.4 Å². The Morgan fingerprint density at radius 3 is 3.11 bits per heavy atom. The smallest absolute Gasteiger partial charge is 0.409 e. The van der Waals surface area contributed by atoms with E-state index in [9.17, 15) is 4.79 Å². The van der Waals surface area contributed by atoms with Crippen LogP contribution in [0.4, 0.5) is 4.79 Å². The van der Waals surface area contributed by atoms with Crippen molar-refractivity contribution in [3.05, 3.63) is 16.6 Å². The molecule has 0 saturated carbocycles. The van der Waals surface area contributed by atoms with Crippen LogP contribution in [0.25, 0.3) is 0 Å². The highest BCUT2D eigenvalue weighted by atomic mass is 32.1. The molecule has 0 radical (unpaired) electrons. The number of fused-ring (bicyclic) bond motifs is 4. The van der Waals surface area contributed by atoms with Crippen molar-refractivity contribution < 1.29 is 9.53 Å². The van der Waals surface area contributed by atoms with Gasteiger partial charge in [0.05, 0.1) is 18.3 Å². The molecule has 2 atom stereocenters. The number of thiazole rings is 1. The maximum atomic E-state index is 11.8. The quantitative estimate of drug-likeness (QED) is 0.829. The van der Waals surface area contributed by atoms with Gasteiger partial charge in [0.15, 0.2) is 0 Å². The van der Waals surface area contributed by atoms with Gasteiger partial charge in [-0.05, 0) is 18.8 Å². The molecule has 104 valence electrons. The SMILES string of the molecule is COC(=O)N1C[C@H]2CC[C@@H]1CN(Cc1cscn1)C2. The van der Waals surface area contributed by atoms with Gasteiger partial charge in [0.25, 0.3) is 0 Å². The number of methoxy groups -OCH3 is 1. The van der Waals surface area contributed by atoms with E-state index < -0.39 is 0 Å². The van der Waals surface area contributed by atoms with Crippen LogP contribution >= 0.6 is 11.3 Å². The summed E-state index contributed by atoms with van der Waals surface area (Å²) >= 11 is 1.64. The molecule has 2 bridgehead atoms. The van der Waals surface area contributed by atoms with Crippen molar-refractivity contribution in [3.8, 4) is 0 Å². The van der Waals surface area contributed by atoms with Crippen LogP contribution in [0.15, 0.2) is 10.9 Å². The van der Waals surface area contributed by atoms with Crippen molar-refractivity contribution in [2.75, 3.05) is 26.7 Å². The van der Waals surface area contributed by atoms with Gasteiger partial charge in [-0.25, -0.2) is 9.78 Å². The molecule has 3 aliphatic heterocycles. The van der Waals surface area contributed by atoms with E-state index in [-0.39, 0.29) is 6.09 Å². The molecule has 0 aromatic carbocycles. The summed E-state index contributed by atoms with van der Waals surface area (Å²) in [5.74, 6) is 0.566. The van der Waals surface area contributed by atoms with E-state index in [0.717, 1.165) is 38.3 Å². The molecule has 5 nitrogen and oxygen atoms in total. The molecule has 3 saturated heterocycles. The lowest BCUT2D eigenvalue weighted by molar-refractivity contribution is 0.0833. The Kier molecular flexibility index (Phi) is 3.70. The molecule has 6 heteroatoms. The molecule has 0 unspecified atom stereocenters. The van der Waals surface area contributed by atoms with E-state index in [1.54, 1.807) is 11.3 Å². The molecule has 0 aliphatic carbocycles. The number of aromatic nitrogens is 1. The standard InChI is InChI=1S/C13H19N3O2S/c1-18-13(17)16-5-10-2-3-12(16)7-15(4-10)6-11-8-19-9-14-11/h8-10,12H,2-7H2,1H3/t10-,12+/m0/s1. The maximum absolute atomic E-state index is 11.8. The first-order valence-corrected chi connectivity index (χ1v) is 7.64. The second-order valence-electron chi connectivity index (χ2n) is 5.39. The van der Waals surface area contributed by atoms with Crippen LogP contribution in [0.5, 0.6) is 0 Å². The van der Waals surface area contributed by atoms with E-state index in [1.165, 1.54) is 13.5 Å². The van der Waals surface area contributed by atoms with Gasteiger partial charge in [0.1, 0.15) is 0 Å². The highest BCUT2D eigenvalue weighted by molar-refractivity contribution is 7.07. The summed E-state index contributed by atoms with van der Waals surface area (Å²) in [5.41, 5.74) is 3.01. The average molecular weight is 281 g/mol. The highest BCUT2D eigenvalue weighted by Crippen LogP contribution is 2.29. The number of amides is 1. The molecule has 4 heterocycles. The molecule has 0 spiro atoms. The van der Waals surface area contributed by atoms with Crippen LogP contribution in [0.1, 0.15) is 18.5 Å². The summed E-state index contributed by atoms with van der Waals surface area (Å²) in [5, 5.41) is 2.10. The lowest BCUT2D eigenvalue weighted by Crippen LogP contribution is -2.47. The van der Waals surface area contributed by atoms with Gasteiger partial charge in [0, 0.05) is 37.6 Å². The zero-order valence-electron chi connectivity index (χ0n) is 11.1. The molecule has 19 heavy (non-hydrogen) atoms. The second-order valence-corrected chi connectivity index (χ2v) is 6.11. The number of hydrogen-bond acceptors (Lipinski definition) is 5. The van der Waals surface area contributed by atoms with E-state index >= 15 is 0 Å². The number of piperidine rings is 1. The number of ether oxygens (including phenoxy) is 1.